The van der Waals surface area contributed by atoms with Gasteiger partial charge in [0.25, 0.3) is 0 Å². The van der Waals surface area contributed by atoms with E-state index >= 15 is 0 Å². The largest absolute Gasteiger partial charge is 0.493 e. The first kappa shape index (κ1) is 24.9. The summed E-state index contributed by atoms with van der Waals surface area (Å²) >= 11 is 5.87. The summed E-state index contributed by atoms with van der Waals surface area (Å²) in [6, 6.07) is 7.04. The topological polar surface area (TPSA) is 124 Å². The van der Waals surface area contributed by atoms with Gasteiger partial charge in [0, 0.05) is 38.3 Å². The first-order valence-electron chi connectivity index (χ1n) is 10.4. The van der Waals surface area contributed by atoms with Crippen molar-refractivity contribution >= 4 is 23.5 Å². The highest BCUT2D eigenvalue weighted by Crippen LogP contribution is 2.35. The third kappa shape index (κ3) is 6.62. The van der Waals surface area contributed by atoms with Crippen molar-refractivity contribution in [3.8, 4) is 5.75 Å². The van der Waals surface area contributed by atoms with Gasteiger partial charge in [0.2, 0.25) is 0 Å². The average molecular weight is 483 g/mol. The van der Waals surface area contributed by atoms with Crippen LogP contribution in [-0.2, 0) is 35.0 Å². The molecule has 1 fully saturated rings. The van der Waals surface area contributed by atoms with Crippen LogP contribution in [0.4, 0.5) is 0 Å². The number of halogens is 1. The number of aromatic nitrogens is 4. The number of carbonyl (C=O) groups excluding carboxylic acids is 2. The third-order valence-electron chi connectivity index (χ3n) is 5.10. The van der Waals surface area contributed by atoms with E-state index in [4.69, 9.17) is 35.3 Å². The summed E-state index contributed by atoms with van der Waals surface area (Å²) in [6.45, 7) is 4.67. The lowest BCUT2D eigenvalue weighted by atomic mass is 9.91. The predicted octanol–water partition coefficient (Wildman–Crippen LogP) is 1.99. The Morgan fingerprint density at radius 3 is 2.52 bits per heavy atom. The number of benzene rings is 1. The lowest BCUT2D eigenvalue weighted by Crippen LogP contribution is -2.56. The molecule has 5 atom stereocenters. The molecule has 3 rings (SSSR count). The SMILES string of the molecule is COC1C(C)C(n2nnc(CCOc3ccc(Cl)cc3)n2)OC(COC(C)=O)C1OC(C)=O. The third-order valence-corrected chi connectivity index (χ3v) is 5.35. The molecule has 12 heteroatoms. The molecule has 2 heterocycles. The fourth-order valence-corrected chi connectivity index (χ4v) is 3.72. The minimum absolute atomic E-state index is 0.118. The van der Waals surface area contributed by atoms with Gasteiger partial charge in [-0.25, -0.2) is 0 Å². The van der Waals surface area contributed by atoms with Gasteiger partial charge in [-0.1, -0.05) is 18.5 Å². The highest BCUT2D eigenvalue weighted by Gasteiger charge is 2.48. The van der Waals surface area contributed by atoms with Crippen LogP contribution in [0.3, 0.4) is 0 Å². The standard InChI is InChI=1S/C21H27ClN4O7/c1-12-19(29-4)20(32-14(3)28)17(11-31-13(2)27)33-21(12)26-24-18(23-25-26)9-10-30-16-7-5-15(22)6-8-16/h5-8,12,17,19-21H,9-11H2,1-4H3. The molecule has 5 unspecified atom stereocenters. The maximum absolute atomic E-state index is 11.6. The molecule has 11 nitrogen and oxygen atoms in total. The van der Waals surface area contributed by atoms with Gasteiger partial charge in [0.05, 0.1) is 6.61 Å². The monoisotopic (exact) mass is 482 g/mol. The maximum Gasteiger partial charge on any atom is 0.303 e. The Morgan fingerprint density at radius 1 is 1.15 bits per heavy atom. The number of hydrogen-bond donors (Lipinski definition) is 0. The van der Waals surface area contributed by atoms with Gasteiger partial charge in [-0.05, 0) is 29.5 Å². The molecule has 0 amide bonds. The van der Waals surface area contributed by atoms with Gasteiger partial charge in [-0.2, -0.15) is 0 Å². The summed E-state index contributed by atoms with van der Waals surface area (Å²) in [6.07, 6.45) is -2.35. The van der Waals surface area contributed by atoms with E-state index in [1.165, 1.54) is 25.8 Å². The Balaban J connectivity index is 1.69. The van der Waals surface area contributed by atoms with Crippen LogP contribution in [0, 0.1) is 5.92 Å². The van der Waals surface area contributed by atoms with Gasteiger partial charge in [-0.3, -0.25) is 9.59 Å². The Hall–Kier alpha value is -2.76. The molecule has 33 heavy (non-hydrogen) atoms. The zero-order valence-electron chi connectivity index (χ0n) is 18.8. The summed E-state index contributed by atoms with van der Waals surface area (Å²) in [4.78, 5) is 24.3. The van der Waals surface area contributed by atoms with Crippen LogP contribution in [0.5, 0.6) is 5.75 Å². The van der Waals surface area contributed by atoms with Gasteiger partial charge < -0.3 is 23.7 Å². The van der Waals surface area contributed by atoms with Crippen LogP contribution in [0.25, 0.3) is 0 Å². The van der Waals surface area contributed by atoms with E-state index in [0.717, 1.165) is 0 Å². The predicted molar refractivity (Wildman–Crippen MR) is 115 cm³/mol. The van der Waals surface area contributed by atoms with E-state index in [1.807, 2.05) is 6.92 Å². The minimum atomic E-state index is -0.772. The van der Waals surface area contributed by atoms with Crippen molar-refractivity contribution in [1.29, 1.82) is 0 Å². The molecule has 0 N–H and O–H groups in total. The molecule has 1 aromatic carbocycles. The second-order valence-corrected chi connectivity index (χ2v) is 8.02. The first-order valence-corrected chi connectivity index (χ1v) is 10.8. The summed E-state index contributed by atoms with van der Waals surface area (Å²) in [5, 5.41) is 13.2. The molecular weight excluding hydrogens is 456 g/mol. The molecule has 1 aromatic heterocycles. The Labute approximate surface area is 196 Å². The number of nitrogens with zero attached hydrogens (tertiary/aromatic N) is 4. The van der Waals surface area contributed by atoms with E-state index in [-0.39, 0.29) is 12.5 Å². The van der Waals surface area contributed by atoms with E-state index in [2.05, 4.69) is 15.4 Å². The lowest BCUT2D eigenvalue weighted by molar-refractivity contribution is -0.249. The molecule has 1 aliphatic rings. The van der Waals surface area contributed by atoms with Gasteiger partial charge in [0.1, 0.15) is 24.6 Å². The second kappa shape index (κ2) is 11.4. The molecule has 180 valence electrons. The van der Waals surface area contributed by atoms with Gasteiger partial charge in [-0.15, -0.1) is 15.0 Å². The molecule has 0 spiro atoms. The fraction of sp³-hybridized carbons (Fsp3) is 0.571. The number of esters is 2. The van der Waals surface area contributed by atoms with E-state index in [0.29, 0.717) is 29.6 Å². The molecule has 0 bridgehead atoms. The molecule has 1 aliphatic heterocycles. The normalized spacial score (nSPS) is 24.8. The Bertz CT molecular complexity index is 939. The van der Waals surface area contributed by atoms with Crippen LogP contribution in [0.15, 0.2) is 24.3 Å². The zero-order valence-corrected chi connectivity index (χ0v) is 19.6. The maximum atomic E-state index is 11.6. The molecule has 0 aliphatic carbocycles. The van der Waals surface area contributed by atoms with Crippen LogP contribution >= 0.6 is 11.6 Å². The van der Waals surface area contributed by atoms with Crippen molar-refractivity contribution in [2.75, 3.05) is 20.3 Å². The van der Waals surface area contributed by atoms with E-state index in [9.17, 15) is 9.59 Å². The second-order valence-electron chi connectivity index (χ2n) is 7.58. The smallest absolute Gasteiger partial charge is 0.303 e. The molecule has 2 aromatic rings. The molecule has 1 saturated heterocycles. The molecule has 0 saturated carbocycles. The van der Waals surface area contributed by atoms with Crippen molar-refractivity contribution in [3.63, 3.8) is 0 Å². The summed E-state index contributed by atoms with van der Waals surface area (Å²) < 4.78 is 27.9. The quantitative estimate of drug-likeness (QED) is 0.490. The van der Waals surface area contributed by atoms with Crippen molar-refractivity contribution < 1.29 is 33.3 Å². The van der Waals surface area contributed by atoms with Crippen LogP contribution in [-0.4, -0.2) is 70.8 Å². The molecule has 0 radical (unpaired) electrons. The number of hydrogen-bond acceptors (Lipinski definition) is 10. The number of rotatable bonds is 9. The fourth-order valence-electron chi connectivity index (χ4n) is 3.59. The van der Waals surface area contributed by atoms with Gasteiger partial charge >= 0.3 is 11.9 Å². The lowest BCUT2D eigenvalue weighted by Gasteiger charge is -2.43. The summed E-state index contributed by atoms with van der Waals surface area (Å²) in [5.74, 6) is -0.131. The van der Waals surface area contributed by atoms with Gasteiger partial charge in [0.15, 0.2) is 18.2 Å². The highest BCUT2D eigenvalue weighted by atomic mass is 35.5. The van der Waals surface area contributed by atoms with Crippen molar-refractivity contribution in [1.82, 2.24) is 20.2 Å². The van der Waals surface area contributed by atoms with Crippen LogP contribution in [0.2, 0.25) is 5.02 Å². The average Bonchev–Trinajstić information content (AvgIpc) is 3.23. The van der Waals surface area contributed by atoms with Crippen molar-refractivity contribution in [3.05, 3.63) is 35.1 Å². The number of carbonyl (C=O) groups is 2. The summed E-state index contributed by atoms with van der Waals surface area (Å²) in [7, 11) is 1.51. The highest BCUT2D eigenvalue weighted by molar-refractivity contribution is 6.30. The number of tetrazole rings is 1. The van der Waals surface area contributed by atoms with Crippen molar-refractivity contribution in [2.45, 2.75) is 51.7 Å². The van der Waals surface area contributed by atoms with Crippen molar-refractivity contribution in [2.24, 2.45) is 5.92 Å². The van der Waals surface area contributed by atoms with Crippen LogP contribution in [0.1, 0.15) is 32.8 Å². The van der Waals surface area contributed by atoms with E-state index in [1.54, 1.807) is 24.3 Å². The summed E-state index contributed by atoms with van der Waals surface area (Å²) in [5.41, 5.74) is 0. The number of methoxy groups -OCH3 is 1. The minimum Gasteiger partial charge on any atom is -0.493 e. The zero-order chi connectivity index (χ0) is 24.0. The van der Waals surface area contributed by atoms with Crippen LogP contribution < -0.4 is 4.74 Å². The van der Waals surface area contributed by atoms with E-state index < -0.39 is 36.5 Å². The Kier molecular flexibility index (Phi) is 8.59. The first-order chi connectivity index (χ1) is 15.8. The Morgan fingerprint density at radius 2 is 1.88 bits per heavy atom. The molecular formula is C21H27ClN4O7. The number of ether oxygens (including phenoxy) is 5.